The average Bonchev–Trinajstić information content (AvgIpc) is 2.50. The van der Waals surface area contributed by atoms with Crippen LogP contribution in [0.25, 0.3) is 0 Å². The predicted octanol–water partition coefficient (Wildman–Crippen LogP) is 4.50. The van der Waals surface area contributed by atoms with Crippen molar-refractivity contribution in [3.05, 3.63) is 22.3 Å². The molecule has 0 spiro atoms. The van der Waals surface area contributed by atoms with Crippen LogP contribution in [0.2, 0.25) is 0 Å². The highest BCUT2D eigenvalue weighted by Gasteiger charge is 2.21. The minimum absolute atomic E-state index is 0.225. The van der Waals surface area contributed by atoms with Crippen LogP contribution < -0.4 is 5.32 Å². The third-order valence-corrected chi connectivity index (χ3v) is 4.66. The Hall–Kier alpha value is -0.280. The lowest BCUT2D eigenvalue weighted by molar-refractivity contribution is 0.625. The van der Waals surface area contributed by atoms with Crippen molar-refractivity contribution in [1.82, 2.24) is 4.98 Å². The van der Waals surface area contributed by atoms with Crippen LogP contribution in [0.5, 0.6) is 0 Å². The van der Waals surface area contributed by atoms with Crippen LogP contribution in [-0.4, -0.2) is 16.4 Å². The summed E-state index contributed by atoms with van der Waals surface area (Å²) in [7, 11) is 0. The van der Waals surface area contributed by atoms with Gasteiger partial charge in [0.15, 0.2) is 0 Å². The molecule has 2 nitrogen and oxygen atoms in total. The summed E-state index contributed by atoms with van der Waals surface area (Å²) in [6.45, 7) is 2.07. The van der Waals surface area contributed by atoms with Crippen molar-refractivity contribution in [2.45, 2.75) is 50.4 Å². The number of rotatable bonds is 2. The first-order valence-electron chi connectivity index (χ1n) is 6.19. The van der Waals surface area contributed by atoms with Gasteiger partial charge in [0.1, 0.15) is 5.82 Å². The van der Waals surface area contributed by atoms with Crippen molar-refractivity contribution in [2.24, 2.45) is 0 Å². The first-order valence-corrected chi connectivity index (χ1v) is 7.42. The number of alkyl halides is 1. The Morgan fingerprint density at radius 1 is 1.35 bits per heavy atom. The zero-order valence-electron chi connectivity index (χ0n) is 10.0. The van der Waals surface area contributed by atoms with Gasteiger partial charge in [0, 0.05) is 16.7 Å². The fourth-order valence-electron chi connectivity index (χ4n) is 2.23. The highest BCUT2D eigenvalue weighted by atomic mass is 79.9. The topological polar surface area (TPSA) is 24.9 Å². The molecule has 1 fully saturated rings. The van der Waals surface area contributed by atoms with Crippen molar-refractivity contribution in [1.29, 1.82) is 0 Å². The van der Waals surface area contributed by atoms with Crippen LogP contribution >= 0.6 is 27.5 Å². The van der Waals surface area contributed by atoms with Gasteiger partial charge in [0.2, 0.25) is 0 Å². The first kappa shape index (κ1) is 13.2. The van der Waals surface area contributed by atoms with Crippen LogP contribution in [0.4, 0.5) is 5.82 Å². The number of aryl methyl sites for hydroxylation is 1. The van der Waals surface area contributed by atoms with Crippen molar-refractivity contribution in [3.8, 4) is 0 Å². The SMILES string of the molecule is Cc1cc(NC2CCCCCC2Cl)ncc1Br. The smallest absolute Gasteiger partial charge is 0.126 e. The summed E-state index contributed by atoms with van der Waals surface area (Å²) in [5.41, 5.74) is 1.20. The average molecular weight is 318 g/mol. The van der Waals surface area contributed by atoms with Gasteiger partial charge >= 0.3 is 0 Å². The van der Waals surface area contributed by atoms with E-state index in [1.165, 1.54) is 24.8 Å². The van der Waals surface area contributed by atoms with Crippen LogP contribution in [-0.2, 0) is 0 Å². The third-order valence-electron chi connectivity index (χ3n) is 3.31. The van der Waals surface area contributed by atoms with Crippen molar-refractivity contribution in [2.75, 3.05) is 5.32 Å². The van der Waals surface area contributed by atoms with Crippen LogP contribution in [0.1, 0.15) is 37.7 Å². The molecule has 2 rings (SSSR count). The van der Waals surface area contributed by atoms with E-state index in [0.717, 1.165) is 23.1 Å². The van der Waals surface area contributed by atoms with Crippen LogP contribution in [0, 0.1) is 6.92 Å². The minimum Gasteiger partial charge on any atom is -0.366 e. The molecular formula is C13H18BrClN2. The lowest BCUT2D eigenvalue weighted by atomic mass is 10.1. The molecule has 1 aromatic heterocycles. The van der Waals surface area contributed by atoms with E-state index in [2.05, 4.69) is 39.2 Å². The maximum atomic E-state index is 6.41. The molecule has 17 heavy (non-hydrogen) atoms. The predicted molar refractivity (Wildman–Crippen MR) is 76.8 cm³/mol. The fourth-order valence-corrected chi connectivity index (χ4v) is 2.79. The van der Waals surface area contributed by atoms with Gasteiger partial charge in [-0.15, -0.1) is 11.6 Å². The summed E-state index contributed by atoms with van der Waals surface area (Å²) < 4.78 is 1.05. The summed E-state index contributed by atoms with van der Waals surface area (Å²) in [5.74, 6) is 0.934. The number of halogens is 2. The molecule has 1 aliphatic rings. The number of pyridine rings is 1. The Balaban J connectivity index is 2.05. The van der Waals surface area contributed by atoms with E-state index in [0.29, 0.717) is 6.04 Å². The second-order valence-electron chi connectivity index (χ2n) is 4.72. The molecular weight excluding hydrogens is 300 g/mol. The Morgan fingerprint density at radius 2 is 2.12 bits per heavy atom. The number of nitrogens with one attached hydrogen (secondary N) is 1. The second-order valence-corrected chi connectivity index (χ2v) is 6.14. The Kier molecular flexibility index (Phi) is 4.69. The molecule has 0 radical (unpaired) electrons. The monoisotopic (exact) mass is 316 g/mol. The highest BCUT2D eigenvalue weighted by molar-refractivity contribution is 9.10. The van der Waals surface area contributed by atoms with Gasteiger partial charge in [-0.05, 0) is 47.3 Å². The van der Waals surface area contributed by atoms with E-state index < -0.39 is 0 Å². The van der Waals surface area contributed by atoms with Gasteiger partial charge in [0.25, 0.3) is 0 Å². The first-order chi connectivity index (χ1) is 8.16. The quantitative estimate of drug-likeness (QED) is 0.641. The van der Waals surface area contributed by atoms with Gasteiger partial charge in [-0.2, -0.15) is 0 Å². The third kappa shape index (κ3) is 3.59. The summed E-state index contributed by atoms with van der Waals surface area (Å²) in [4.78, 5) is 4.38. The number of hydrogen-bond donors (Lipinski definition) is 1. The van der Waals surface area contributed by atoms with Crippen LogP contribution in [0.15, 0.2) is 16.7 Å². The Morgan fingerprint density at radius 3 is 2.88 bits per heavy atom. The van der Waals surface area contributed by atoms with Gasteiger partial charge in [-0.25, -0.2) is 4.98 Å². The van der Waals surface area contributed by atoms with E-state index in [-0.39, 0.29) is 5.38 Å². The molecule has 4 heteroatoms. The summed E-state index contributed by atoms with van der Waals surface area (Å²) >= 11 is 9.87. The zero-order chi connectivity index (χ0) is 12.3. The maximum Gasteiger partial charge on any atom is 0.126 e. The molecule has 0 amide bonds. The largest absolute Gasteiger partial charge is 0.366 e. The molecule has 1 aliphatic carbocycles. The molecule has 2 unspecified atom stereocenters. The summed E-state index contributed by atoms with van der Waals surface area (Å²) in [6.07, 6.45) is 7.90. The molecule has 0 bridgehead atoms. The lowest BCUT2D eigenvalue weighted by Crippen LogP contribution is -2.29. The molecule has 0 aliphatic heterocycles. The van der Waals surface area contributed by atoms with E-state index in [1.54, 1.807) is 0 Å². The molecule has 0 aromatic carbocycles. The highest BCUT2D eigenvalue weighted by Crippen LogP contribution is 2.25. The Labute approximate surface area is 116 Å². The van der Waals surface area contributed by atoms with E-state index >= 15 is 0 Å². The number of aromatic nitrogens is 1. The van der Waals surface area contributed by atoms with E-state index in [9.17, 15) is 0 Å². The van der Waals surface area contributed by atoms with Gasteiger partial charge in [-0.3, -0.25) is 0 Å². The zero-order valence-corrected chi connectivity index (χ0v) is 12.4. The number of nitrogens with zero attached hydrogens (tertiary/aromatic N) is 1. The van der Waals surface area contributed by atoms with Crippen LogP contribution in [0.3, 0.4) is 0 Å². The summed E-state index contributed by atoms with van der Waals surface area (Å²) in [5, 5.41) is 3.70. The second kappa shape index (κ2) is 6.05. The molecule has 2 atom stereocenters. The Bertz CT molecular complexity index is 384. The normalized spacial score (nSPS) is 25.4. The molecule has 1 aromatic rings. The number of hydrogen-bond acceptors (Lipinski definition) is 2. The standard InChI is InChI=1S/C13H18BrClN2/c1-9-7-13(16-8-10(9)14)17-12-6-4-2-3-5-11(12)15/h7-8,11-12H,2-6H2,1H3,(H,16,17). The molecule has 0 saturated heterocycles. The molecule has 1 N–H and O–H groups in total. The van der Waals surface area contributed by atoms with Gasteiger partial charge in [0.05, 0.1) is 5.38 Å². The molecule has 1 heterocycles. The molecule has 94 valence electrons. The minimum atomic E-state index is 0.225. The summed E-state index contributed by atoms with van der Waals surface area (Å²) in [6, 6.07) is 2.42. The van der Waals surface area contributed by atoms with Crippen molar-refractivity contribution >= 4 is 33.3 Å². The van der Waals surface area contributed by atoms with Gasteiger partial charge < -0.3 is 5.32 Å². The van der Waals surface area contributed by atoms with Gasteiger partial charge in [-0.1, -0.05) is 19.3 Å². The van der Waals surface area contributed by atoms with Crippen molar-refractivity contribution in [3.63, 3.8) is 0 Å². The maximum absolute atomic E-state index is 6.41. The lowest BCUT2D eigenvalue weighted by Gasteiger charge is -2.22. The molecule has 1 saturated carbocycles. The van der Waals surface area contributed by atoms with E-state index in [1.807, 2.05) is 6.20 Å². The van der Waals surface area contributed by atoms with Crippen molar-refractivity contribution < 1.29 is 0 Å². The number of anilines is 1. The fraction of sp³-hybridized carbons (Fsp3) is 0.615. The van der Waals surface area contributed by atoms with E-state index in [4.69, 9.17) is 11.6 Å².